The quantitative estimate of drug-likeness (QED) is 0.876. The molecule has 29 heavy (non-hydrogen) atoms. The fraction of sp³-hybridized carbons (Fsp3) is 0.480. The van der Waals surface area contributed by atoms with Crippen molar-refractivity contribution in [3.8, 4) is 0 Å². The van der Waals surface area contributed by atoms with E-state index < -0.39 is 0 Å². The minimum Gasteiger partial charge on any atom is -0.352 e. The molecule has 1 N–H and O–H groups in total. The van der Waals surface area contributed by atoms with Crippen molar-refractivity contribution in [3.63, 3.8) is 0 Å². The average molecular weight is 390 g/mol. The second-order valence-corrected chi connectivity index (χ2v) is 9.23. The Kier molecular flexibility index (Phi) is 4.92. The van der Waals surface area contributed by atoms with Crippen molar-refractivity contribution in [2.75, 3.05) is 33.2 Å². The molecule has 1 aliphatic carbocycles. The van der Waals surface area contributed by atoms with E-state index in [1.54, 1.807) is 0 Å². The fourth-order valence-corrected chi connectivity index (χ4v) is 6.02. The molecule has 4 heteroatoms. The number of likely N-dealkylation sites (N-methyl/N-ethyl adjacent to an activating group) is 1. The molecular weight excluding hydrogens is 358 g/mol. The van der Waals surface area contributed by atoms with Crippen LogP contribution >= 0.6 is 0 Å². The summed E-state index contributed by atoms with van der Waals surface area (Å²) in [5.41, 5.74) is 2.66. The van der Waals surface area contributed by atoms with Gasteiger partial charge in [-0.25, -0.2) is 0 Å². The van der Waals surface area contributed by atoms with E-state index in [0.717, 1.165) is 39.0 Å². The van der Waals surface area contributed by atoms with E-state index in [4.69, 9.17) is 0 Å². The summed E-state index contributed by atoms with van der Waals surface area (Å²) in [7, 11) is 2.20. The van der Waals surface area contributed by atoms with Crippen molar-refractivity contribution in [1.82, 2.24) is 15.1 Å². The highest BCUT2D eigenvalue weighted by Gasteiger charge is 2.54. The Labute approximate surface area is 173 Å². The molecule has 2 atom stereocenters. The van der Waals surface area contributed by atoms with Gasteiger partial charge in [-0.1, -0.05) is 60.7 Å². The Bertz CT molecular complexity index is 795. The van der Waals surface area contributed by atoms with Gasteiger partial charge in [-0.15, -0.1) is 0 Å². The summed E-state index contributed by atoms with van der Waals surface area (Å²) in [6.07, 6.45) is 2.75. The summed E-state index contributed by atoms with van der Waals surface area (Å²) in [6, 6.07) is 21.9. The molecule has 3 saturated heterocycles. The smallest absolute Gasteiger partial charge is 0.222 e. The van der Waals surface area contributed by atoms with Crippen molar-refractivity contribution in [3.05, 3.63) is 71.8 Å². The van der Waals surface area contributed by atoms with Crippen LogP contribution in [0.15, 0.2) is 60.7 Å². The highest BCUT2D eigenvalue weighted by atomic mass is 16.1. The first-order chi connectivity index (χ1) is 14.1. The standard InChI is InChI=1S/C25H31N3O/c1-27-12-14-28(15-13-27)25-16-21(19-8-4-2-5-9-19)24(26-23(29)18-25)22(17-25)20-10-6-3-7-11-20/h2-11,21-22,24H,12-18H2,1H3,(H,26,29)/t21-,22-,24?,25?/m0/s1. The molecule has 4 aliphatic rings. The van der Waals surface area contributed by atoms with Crippen LogP contribution in [0.5, 0.6) is 0 Å². The molecule has 3 heterocycles. The summed E-state index contributed by atoms with van der Waals surface area (Å²) in [5, 5.41) is 3.46. The minimum absolute atomic E-state index is 0.0562. The summed E-state index contributed by atoms with van der Waals surface area (Å²) < 4.78 is 0. The molecule has 0 unspecified atom stereocenters. The van der Waals surface area contributed by atoms with Crippen molar-refractivity contribution in [2.45, 2.75) is 42.7 Å². The zero-order valence-corrected chi connectivity index (χ0v) is 17.3. The van der Waals surface area contributed by atoms with Crippen LogP contribution in [0.4, 0.5) is 0 Å². The number of carbonyl (C=O) groups is 1. The van der Waals surface area contributed by atoms with E-state index in [9.17, 15) is 4.79 Å². The molecule has 2 aromatic rings. The lowest BCUT2D eigenvalue weighted by Crippen LogP contribution is -2.59. The maximum Gasteiger partial charge on any atom is 0.222 e. The van der Waals surface area contributed by atoms with Crippen LogP contribution in [0, 0.1) is 0 Å². The van der Waals surface area contributed by atoms with Crippen LogP contribution in [0.2, 0.25) is 0 Å². The van der Waals surface area contributed by atoms with Crippen molar-refractivity contribution in [1.29, 1.82) is 0 Å². The van der Waals surface area contributed by atoms with E-state index in [2.05, 4.69) is 82.8 Å². The van der Waals surface area contributed by atoms with E-state index in [0.29, 0.717) is 18.3 Å². The van der Waals surface area contributed by atoms with E-state index in [1.807, 2.05) is 0 Å². The van der Waals surface area contributed by atoms with Gasteiger partial charge in [-0.2, -0.15) is 0 Å². The molecule has 4 nitrogen and oxygen atoms in total. The number of benzene rings is 2. The van der Waals surface area contributed by atoms with Gasteiger partial charge >= 0.3 is 0 Å². The second kappa shape index (κ2) is 7.58. The molecule has 4 fully saturated rings. The van der Waals surface area contributed by atoms with Gasteiger partial charge < -0.3 is 10.2 Å². The SMILES string of the molecule is CN1CCN(C23CC(=O)NC([C@H](c4ccccc4)C2)[C@H](c2ccccc2)C3)CC1. The first-order valence-electron chi connectivity index (χ1n) is 11.0. The summed E-state index contributed by atoms with van der Waals surface area (Å²) in [4.78, 5) is 18.1. The third-order valence-electron chi connectivity index (χ3n) is 7.51. The third kappa shape index (κ3) is 3.49. The Morgan fingerprint density at radius 3 is 1.86 bits per heavy atom. The lowest BCUT2D eigenvalue weighted by molar-refractivity contribution is -0.123. The monoisotopic (exact) mass is 389 g/mol. The molecule has 2 bridgehead atoms. The van der Waals surface area contributed by atoms with Crippen LogP contribution < -0.4 is 5.32 Å². The first-order valence-corrected chi connectivity index (χ1v) is 11.0. The van der Waals surface area contributed by atoms with Gasteiger partial charge in [0.2, 0.25) is 5.91 Å². The van der Waals surface area contributed by atoms with Crippen molar-refractivity contribution in [2.24, 2.45) is 0 Å². The van der Waals surface area contributed by atoms with Crippen LogP contribution in [-0.4, -0.2) is 60.5 Å². The highest BCUT2D eigenvalue weighted by molar-refractivity contribution is 5.79. The number of nitrogens with zero attached hydrogens (tertiary/aromatic N) is 2. The van der Waals surface area contributed by atoms with Gasteiger partial charge in [0.25, 0.3) is 0 Å². The van der Waals surface area contributed by atoms with Gasteiger partial charge in [0.05, 0.1) is 0 Å². The summed E-state index contributed by atoms with van der Waals surface area (Å²) >= 11 is 0. The summed E-state index contributed by atoms with van der Waals surface area (Å²) in [6.45, 7) is 4.27. The Morgan fingerprint density at radius 2 is 1.34 bits per heavy atom. The molecule has 6 rings (SSSR count). The Hall–Kier alpha value is -2.17. The minimum atomic E-state index is -0.0562. The van der Waals surface area contributed by atoms with Gasteiger partial charge in [0.15, 0.2) is 0 Å². The molecule has 1 saturated carbocycles. The predicted molar refractivity (Wildman–Crippen MR) is 116 cm³/mol. The second-order valence-electron chi connectivity index (χ2n) is 9.23. The maximum absolute atomic E-state index is 13.1. The molecule has 152 valence electrons. The fourth-order valence-electron chi connectivity index (χ4n) is 6.02. The van der Waals surface area contributed by atoms with Gasteiger partial charge in [-0.3, -0.25) is 9.69 Å². The maximum atomic E-state index is 13.1. The number of piperazine rings is 1. The zero-order valence-electron chi connectivity index (χ0n) is 17.3. The van der Waals surface area contributed by atoms with Crippen molar-refractivity contribution < 1.29 is 4.79 Å². The third-order valence-corrected chi connectivity index (χ3v) is 7.51. The van der Waals surface area contributed by atoms with Crippen LogP contribution in [0.25, 0.3) is 0 Å². The highest BCUT2D eigenvalue weighted by Crippen LogP contribution is 2.52. The lowest BCUT2D eigenvalue weighted by atomic mass is 9.63. The largest absolute Gasteiger partial charge is 0.352 e. The number of hydrogen-bond donors (Lipinski definition) is 1. The molecule has 0 spiro atoms. The van der Waals surface area contributed by atoms with E-state index in [-0.39, 0.29) is 17.5 Å². The normalized spacial score (nSPS) is 33.3. The van der Waals surface area contributed by atoms with E-state index in [1.165, 1.54) is 11.1 Å². The number of amides is 1. The van der Waals surface area contributed by atoms with Crippen LogP contribution in [-0.2, 0) is 4.79 Å². The molecule has 0 aromatic heterocycles. The van der Waals surface area contributed by atoms with Gasteiger partial charge in [0.1, 0.15) is 0 Å². The van der Waals surface area contributed by atoms with Crippen LogP contribution in [0.1, 0.15) is 42.2 Å². The average Bonchev–Trinajstić information content (AvgIpc) is 3.00. The molecule has 1 amide bonds. The first kappa shape index (κ1) is 18.8. The molecule has 0 radical (unpaired) electrons. The molecular formula is C25H31N3O. The predicted octanol–water partition coefficient (Wildman–Crippen LogP) is 3.22. The Morgan fingerprint density at radius 1 is 0.828 bits per heavy atom. The van der Waals surface area contributed by atoms with E-state index >= 15 is 0 Å². The number of nitrogens with one attached hydrogen (secondary N) is 1. The lowest BCUT2D eigenvalue weighted by Gasteiger charge is -2.53. The number of rotatable bonds is 3. The van der Waals surface area contributed by atoms with Gasteiger partial charge in [0, 0.05) is 56.0 Å². The van der Waals surface area contributed by atoms with Crippen LogP contribution in [0.3, 0.4) is 0 Å². The number of hydrogen-bond acceptors (Lipinski definition) is 3. The van der Waals surface area contributed by atoms with Crippen molar-refractivity contribution >= 4 is 5.91 Å². The number of fused-ring (bicyclic) bond motifs is 4. The van der Waals surface area contributed by atoms with Gasteiger partial charge in [-0.05, 0) is 31.0 Å². The summed E-state index contributed by atoms with van der Waals surface area (Å²) in [5.74, 6) is 0.924. The zero-order chi connectivity index (χ0) is 19.8. The Balaban J connectivity index is 1.59. The molecule has 2 aromatic carbocycles. The molecule has 3 aliphatic heterocycles. The number of carbonyl (C=O) groups excluding carboxylic acids is 1. The topological polar surface area (TPSA) is 35.6 Å².